The van der Waals surface area contributed by atoms with Gasteiger partial charge in [0.25, 0.3) is 6.23 Å². The third-order valence-corrected chi connectivity index (χ3v) is 7.84. The Bertz CT molecular complexity index is 1410. The van der Waals surface area contributed by atoms with Gasteiger partial charge in [0.15, 0.2) is 0 Å². The van der Waals surface area contributed by atoms with E-state index in [9.17, 15) is 28.8 Å². The van der Waals surface area contributed by atoms with E-state index in [1.165, 1.54) is 22.0 Å². The standard InChI is InChI=1S/C30H38N6O8/c1-4-43-28(41)27(44-29(42)30(2,3)18-9-6-5-7-10-18)35-16-19(32-17-35)15-21(34-25(39)20-12-13-23(37)33-20)26(40)36-14-8-11-22(36)24(31)38/h5-7,9-10,16-17,20-22,27H,4,8,11-15H2,1-3H3,(H2,31,38)(H,33,37)(H,34,39). The number of benzene rings is 1. The van der Waals surface area contributed by atoms with Gasteiger partial charge in [-0.15, -0.1) is 0 Å². The quantitative estimate of drug-likeness (QED) is 0.283. The van der Waals surface area contributed by atoms with Crippen LogP contribution in [-0.4, -0.2) is 81.3 Å². The number of imidazole rings is 1. The third kappa shape index (κ3) is 7.24. The van der Waals surface area contributed by atoms with E-state index in [0.717, 1.165) is 0 Å². The maximum atomic E-state index is 13.6. The van der Waals surface area contributed by atoms with Crippen molar-refractivity contribution >= 4 is 35.6 Å². The smallest absolute Gasteiger partial charge is 0.369 e. The summed E-state index contributed by atoms with van der Waals surface area (Å²) in [4.78, 5) is 82.2. The number of nitrogens with one attached hydrogen (secondary N) is 2. The number of amides is 4. The average Bonchev–Trinajstić information content (AvgIpc) is 3.77. The molecular formula is C30H38N6O8. The van der Waals surface area contributed by atoms with E-state index in [1.807, 2.05) is 6.07 Å². The van der Waals surface area contributed by atoms with E-state index in [2.05, 4.69) is 15.6 Å². The van der Waals surface area contributed by atoms with Crippen molar-refractivity contribution < 1.29 is 38.2 Å². The van der Waals surface area contributed by atoms with Crippen LogP contribution in [0.4, 0.5) is 0 Å². The molecule has 4 amide bonds. The molecule has 4 rings (SSSR count). The SMILES string of the molecule is CCOC(=O)C(OC(=O)C(C)(C)c1ccccc1)n1cnc(CC(NC(=O)C2CCC(=O)N2)C(=O)N2CCCC2C(N)=O)c1. The topological polar surface area (TPSA) is 192 Å². The second-order valence-electron chi connectivity index (χ2n) is 11.3. The molecule has 1 aromatic heterocycles. The Morgan fingerprint density at radius 2 is 1.89 bits per heavy atom. The normalized spacial score (nSPS) is 19.5. The molecule has 0 saturated carbocycles. The number of aromatic nitrogens is 2. The molecule has 236 valence electrons. The first kappa shape index (κ1) is 32.2. The number of rotatable bonds is 12. The molecule has 3 heterocycles. The summed E-state index contributed by atoms with van der Waals surface area (Å²) in [6.07, 6.45) is 2.49. The van der Waals surface area contributed by atoms with E-state index in [4.69, 9.17) is 15.2 Å². The Labute approximate surface area is 254 Å². The molecule has 0 aliphatic carbocycles. The number of likely N-dealkylation sites (tertiary alicyclic amines) is 1. The van der Waals surface area contributed by atoms with Crippen LogP contribution in [0.25, 0.3) is 0 Å². The van der Waals surface area contributed by atoms with Gasteiger partial charge in [-0.25, -0.2) is 9.78 Å². The van der Waals surface area contributed by atoms with Gasteiger partial charge in [-0.3, -0.25) is 28.5 Å². The zero-order valence-corrected chi connectivity index (χ0v) is 25.0. The molecule has 4 atom stereocenters. The molecule has 2 aliphatic rings. The Balaban J connectivity index is 1.57. The van der Waals surface area contributed by atoms with Crippen molar-refractivity contribution in [1.82, 2.24) is 25.1 Å². The summed E-state index contributed by atoms with van der Waals surface area (Å²) in [5.74, 6) is -3.50. The lowest BCUT2D eigenvalue weighted by Crippen LogP contribution is -2.56. The lowest BCUT2D eigenvalue weighted by molar-refractivity contribution is -0.177. The molecule has 2 aliphatic heterocycles. The number of hydrogen-bond acceptors (Lipinski definition) is 9. The van der Waals surface area contributed by atoms with Gasteiger partial charge in [-0.1, -0.05) is 30.3 Å². The van der Waals surface area contributed by atoms with Crippen LogP contribution >= 0.6 is 0 Å². The first-order chi connectivity index (χ1) is 20.9. The summed E-state index contributed by atoms with van der Waals surface area (Å²) in [5, 5.41) is 5.27. The second-order valence-corrected chi connectivity index (χ2v) is 11.3. The molecule has 0 bridgehead atoms. The highest BCUT2D eigenvalue weighted by Gasteiger charge is 2.39. The summed E-state index contributed by atoms with van der Waals surface area (Å²) in [5.41, 5.74) is 5.39. The molecule has 2 aromatic rings. The van der Waals surface area contributed by atoms with Crippen LogP contribution < -0.4 is 16.4 Å². The average molecular weight is 611 g/mol. The maximum absolute atomic E-state index is 13.6. The van der Waals surface area contributed by atoms with Gasteiger partial charge < -0.3 is 30.7 Å². The Morgan fingerprint density at radius 3 is 2.52 bits per heavy atom. The van der Waals surface area contributed by atoms with Gasteiger partial charge in [0, 0.05) is 25.6 Å². The lowest BCUT2D eigenvalue weighted by Gasteiger charge is -2.28. The summed E-state index contributed by atoms with van der Waals surface area (Å²) in [6.45, 7) is 5.29. The van der Waals surface area contributed by atoms with Crippen LogP contribution in [-0.2, 0) is 50.1 Å². The summed E-state index contributed by atoms with van der Waals surface area (Å²) < 4.78 is 12.1. The minimum absolute atomic E-state index is 0.0354. The molecule has 0 spiro atoms. The Morgan fingerprint density at radius 1 is 1.16 bits per heavy atom. The fourth-order valence-corrected chi connectivity index (χ4v) is 5.30. The van der Waals surface area contributed by atoms with Crippen molar-refractivity contribution in [1.29, 1.82) is 0 Å². The molecule has 0 radical (unpaired) electrons. The van der Waals surface area contributed by atoms with Crippen molar-refractivity contribution in [2.75, 3.05) is 13.2 Å². The minimum Gasteiger partial charge on any atom is -0.462 e. The van der Waals surface area contributed by atoms with E-state index < -0.39 is 59.4 Å². The monoisotopic (exact) mass is 610 g/mol. The van der Waals surface area contributed by atoms with Crippen molar-refractivity contribution in [3.63, 3.8) is 0 Å². The van der Waals surface area contributed by atoms with Crippen LogP contribution in [0.5, 0.6) is 0 Å². The first-order valence-electron chi connectivity index (χ1n) is 14.6. The van der Waals surface area contributed by atoms with Gasteiger partial charge in [-0.2, -0.15) is 0 Å². The molecule has 44 heavy (non-hydrogen) atoms. The molecule has 14 nitrogen and oxygen atoms in total. The number of nitrogens with zero attached hydrogens (tertiary/aromatic N) is 3. The number of carbonyl (C=O) groups excluding carboxylic acids is 6. The van der Waals surface area contributed by atoms with Crippen LogP contribution in [0.15, 0.2) is 42.9 Å². The molecule has 1 aromatic carbocycles. The van der Waals surface area contributed by atoms with Gasteiger partial charge in [0.2, 0.25) is 23.6 Å². The zero-order valence-electron chi connectivity index (χ0n) is 25.0. The van der Waals surface area contributed by atoms with Crippen LogP contribution in [0.3, 0.4) is 0 Å². The minimum atomic E-state index is -1.51. The lowest BCUT2D eigenvalue weighted by atomic mass is 9.85. The van der Waals surface area contributed by atoms with Crippen LogP contribution in [0.1, 0.15) is 63.9 Å². The molecule has 2 saturated heterocycles. The van der Waals surface area contributed by atoms with Gasteiger partial charge in [0.1, 0.15) is 18.1 Å². The summed E-state index contributed by atoms with van der Waals surface area (Å²) >= 11 is 0. The predicted molar refractivity (Wildman–Crippen MR) is 154 cm³/mol. The van der Waals surface area contributed by atoms with Crippen molar-refractivity contribution in [2.24, 2.45) is 5.73 Å². The van der Waals surface area contributed by atoms with Crippen molar-refractivity contribution in [3.05, 3.63) is 54.1 Å². The maximum Gasteiger partial charge on any atom is 0.369 e. The molecule has 4 N–H and O–H groups in total. The number of ether oxygens (including phenoxy) is 2. The molecule has 2 fully saturated rings. The molecule has 4 unspecified atom stereocenters. The number of nitrogens with two attached hydrogens (primary N) is 1. The molecule has 14 heteroatoms. The van der Waals surface area contributed by atoms with Gasteiger partial charge in [-0.05, 0) is 45.6 Å². The van der Waals surface area contributed by atoms with E-state index in [-0.39, 0.29) is 44.0 Å². The highest BCUT2D eigenvalue weighted by Crippen LogP contribution is 2.27. The fraction of sp³-hybridized carbons (Fsp3) is 0.500. The van der Waals surface area contributed by atoms with Gasteiger partial charge >= 0.3 is 11.9 Å². The number of carbonyl (C=O) groups is 6. The Hall–Kier alpha value is -4.75. The van der Waals surface area contributed by atoms with Crippen molar-refractivity contribution in [2.45, 2.75) is 82.6 Å². The number of primary amides is 1. The van der Waals surface area contributed by atoms with Crippen LogP contribution in [0.2, 0.25) is 0 Å². The number of hydrogen-bond donors (Lipinski definition) is 3. The summed E-state index contributed by atoms with van der Waals surface area (Å²) in [6, 6.07) is 6.18. The van der Waals surface area contributed by atoms with E-state index >= 15 is 0 Å². The predicted octanol–water partition coefficient (Wildman–Crippen LogP) is 0.248. The number of esters is 2. The summed E-state index contributed by atoms with van der Waals surface area (Å²) in [7, 11) is 0. The second kappa shape index (κ2) is 13.7. The highest BCUT2D eigenvalue weighted by atomic mass is 16.6. The molecular weight excluding hydrogens is 572 g/mol. The van der Waals surface area contributed by atoms with Gasteiger partial charge in [0.05, 0.1) is 24.0 Å². The van der Waals surface area contributed by atoms with E-state index in [1.54, 1.807) is 45.0 Å². The van der Waals surface area contributed by atoms with E-state index in [0.29, 0.717) is 18.4 Å². The zero-order chi connectivity index (χ0) is 32.0. The first-order valence-corrected chi connectivity index (χ1v) is 14.6. The Kier molecular flexibility index (Phi) is 10.0. The fourth-order valence-electron chi connectivity index (χ4n) is 5.30. The third-order valence-electron chi connectivity index (χ3n) is 7.84. The largest absolute Gasteiger partial charge is 0.462 e. The van der Waals surface area contributed by atoms with Crippen LogP contribution in [0, 0.1) is 0 Å². The highest BCUT2D eigenvalue weighted by molar-refractivity contribution is 5.95. The van der Waals surface area contributed by atoms with Crippen molar-refractivity contribution in [3.8, 4) is 0 Å².